The van der Waals surface area contributed by atoms with Crippen molar-refractivity contribution in [1.29, 1.82) is 0 Å². The van der Waals surface area contributed by atoms with Crippen molar-refractivity contribution in [2.24, 2.45) is 11.7 Å². The number of nitrogens with two attached hydrogens (primary N) is 1. The molecule has 1 aliphatic rings. The van der Waals surface area contributed by atoms with Crippen LogP contribution in [0, 0.1) is 5.92 Å². The Kier molecular flexibility index (Phi) is 5.98. The quantitative estimate of drug-likeness (QED) is 0.890. The fourth-order valence-corrected chi connectivity index (χ4v) is 2.37. The van der Waals surface area contributed by atoms with Gasteiger partial charge in [0.1, 0.15) is 0 Å². The molecular weight excluding hydrogens is 260 g/mol. The zero-order valence-corrected chi connectivity index (χ0v) is 12.2. The fraction of sp³-hybridized carbons (Fsp3) is 0.278. The van der Waals surface area contributed by atoms with E-state index in [1.54, 1.807) is 0 Å². The molecule has 0 saturated carbocycles. The van der Waals surface area contributed by atoms with Crippen LogP contribution in [0.4, 0.5) is 0 Å². The Bertz CT molecular complexity index is 496. The number of carbonyl (C=O) groups is 1. The summed E-state index contributed by atoms with van der Waals surface area (Å²) in [6.45, 7) is 1.88. The van der Waals surface area contributed by atoms with E-state index < -0.39 is 0 Å². The zero-order chi connectivity index (χ0) is 14.9. The highest BCUT2D eigenvalue weighted by molar-refractivity contribution is 5.76. The van der Waals surface area contributed by atoms with Crippen molar-refractivity contribution in [2.45, 2.75) is 12.8 Å². The summed E-state index contributed by atoms with van der Waals surface area (Å²) in [5, 5.41) is 3.16. The lowest BCUT2D eigenvalue weighted by Crippen LogP contribution is -2.34. The Morgan fingerprint density at radius 2 is 1.29 bits per heavy atom. The minimum Gasteiger partial charge on any atom is -0.369 e. The molecule has 1 amide bonds. The zero-order valence-electron chi connectivity index (χ0n) is 12.2. The van der Waals surface area contributed by atoms with Crippen LogP contribution in [0.15, 0.2) is 60.7 Å². The summed E-state index contributed by atoms with van der Waals surface area (Å²) in [5.41, 5.74) is 7.65. The van der Waals surface area contributed by atoms with Gasteiger partial charge in [-0.25, -0.2) is 0 Å². The van der Waals surface area contributed by atoms with Gasteiger partial charge in [0.2, 0.25) is 5.91 Å². The molecule has 1 heterocycles. The van der Waals surface area contributed by atoms with Gasteiger partial charge in [0.25, 0.3) is 0 Å². The molecule has 2 aromatic rings. The van der Waals surface area contributed by atoms with Crippen molar-refractivity contribution in [3.63, 3.8) is 0 Å². The summed E-state index contributed by atoms with van der Waals surface area (Å²) in [4.78, 5) is 10.5. The number of piperidine rings is 1. The molecule has 3 nitrogen and oxygen atoms in total. The molecular formula is C18H22N2O. The third kappa shape index (κ3) is 5.04. The molecule has 0 bridgehead atoms. The molecule has 0 radical (unpaired) electrons. The van der Waals surface area contributed by atoms with Crippen LogP contribution in [-0.2, 0) is 4.79 Å². The number of carbonyl (C=O) groups excluding carboxylic acids is 1. The van der Waals surface area contributed by atoms with Gasteiger partial charge in [-0.05, 0) is 37.1 Å². The third-order valence-corrected chi connectivity index (χ3v) is 3.62. The Hall–Kier alpha value is -2.13. The molecule has 0 unspecified atom stereocenters. The summed E-state index contributed by atoms with van der Waals surface area (Å²) in [7, 11) is 0. The lowest BCUT2D eigenvalue weighted by atomic mass is 9.98. The van der Waals surface area contributed by atoms with E-state index in [1.807, 2.05) is 12.1 Å². The average Bonchev–Trinajstić information content (AvgIpc) is 2.58. The van der Waals surface area contributed by atoms with E-state index in [0.717, 1.165) is 25.9 Å². The first-order chi connectivity index (χ1) is 10.3. The highest BCUT2D eigenvalue weighted by Crippen LogP contribution is 2.17. The second-order valence-electron chi connectivity index (χ2n) is 5.16. The van der Waals surface area contributed by atoms with Gasteiger partial charge >= 0.3 is 0 Å². The van der Waals surface area contributed by atoms with E-state index in [2.05, 4.69) is 53.8 Å². The predicted octanol–water partition coefficient (Wildman–Crippen LogP) is 2.82. The largest absolute Gasteiger partial charge is 0.369 e. The maximum Gasteiger partial charge on any atom is 0.220 e. The van der Waals surface area contributed by atoms with Crippen LogP contribution in [0.25, 0.3) is 11.1 Å². The first kappa shape index (κ1) is 15.3. The first-order valence-electron chi connectivity index (χ1n) is 7.38. The number of rotatable bonds is 2. The number of primary amides is 1. The highest BCUT2D eigenvalue weighted by atomic mass is 16.1. The molecule has 0 aromatic heterocycles. The van der Waals surface area contributed by atoms with Gasteiger partial charge in [-0.2, -0.15) is 0 Å². The number of amides is 1. The minimum absolute atomic E-state index is 0.131. The maximum absolute atomic E-state index is 10.5. The lowest BCUT2D eigenvalue weighted by Gasteiger charge is -2.18. The number of hydrogen-bond donors (Lipinski definition) is 2. The van der Waals surface area contributed by atoms with Gasteiger partial charge in [-0.15, -0.1) is 0 Å². The van der Waals surface area contributed by atoms with Crippen LogP contribution < -0.4 is 11.1 Å². The average molecular weight is 282 g/mol. The SMILES string of the molecule is NC(=O)C1CCNCC1.c1ccc(-c2ccccc2)cc1. The molecule has 1 aliphatic heterocycles. The summed E-state index contributed by atoms with van der Waals surface area (Å²) < 4.78 is 0. The van der Waals surface area contributed by atoms with E-state index in [9.17, 15) is 4.79 Å². The summed E-state index contributed by atoms with van der Waals surface area (Å²) in [5.74, 6) is -0.0113. The van der Waals surface area contributed by atoms with Crippen molar-refractivity contribution >= 4 is 5.91 Å². The summed E-state index contributed by atoms with van der Waals surface area (Å²) in [6, 6.07) is 20.8. The maximum atomic E-state index is 10.5. The van der Waals surface area contributed by atoms with Crippen molar-refractivity contribution in [1.82, 2.24) is 5.32 Å². The fourth-order valence-electron chi connectivity index (χ4n) is 2.37. The monoisotopic (exact) mass is 282 g/mol. The van der Waals surface area contributed by atoms with Gasteiger partial charge in [-0.1, -0.05) is 60.7 Å². The van der Waals surface area contributed by atoms with Gasteiger partial charge in [-0.3, -0.25) is 4.79 Å². The molecule has 3 rings (SSSR count). The van der Waals surface area contributed by atoms with Crippen LogP contribution >= 0.6 is 0 Å². The number of benzene rings is 2. The normalized spacial score (nSPS) is 14.9. The molecule has 0 aliphatic carbocycles. The van der Waals surface area contributed by atoms with Gasteiger partial charge < -0.3 is 11.1 Å². The Morgan fingerprint density at radius 3 is 1.62 bits per heavy atom. The molecule has 21 heavy (non-hydrogen) atoms. The van der Waals surface area contributed by atoms with E-state index in [1.165, 1.54) is 11.1 Å². The van der Waals surface area contributed by atoms with E-state index >= 15 is 0 Å². The first-order valence-corrected chi connectivity index (χ1v) is 7.38. The van der Waals surface area contributed by atoms with E-state index in [-0.39, 0.29) is 11.8 Å². The van der Waals surface area contributed by atoms with Crippen molar-refractivity contribution in [3.05, 3.63) is 60.7 Å². The van der Waals surface area contributed by atoms with Gasteiger partial charge in [0, 0.05) is 5.92 Å². The second-order valence-corrected chi connectivity index (χ2v) is 5.16. The van der Waals surface area contributed by atoms with Crippen LogP contribution in [0.1, 0.15) is 12.8 Å². The van der Waals surface area contributed by atoms with Crippen LogP contribution in [0.5, 0.6) is 0 Å². The highest BCUT2D eigenvalue weighted by Gasteiger charge is 2.17. The molecule has 1 saturated heterocycles. The predicted molar refractivity (Wildman–Crippen MR) is 86.7 cm³/mol. The lowest BCUT2D eigenvalue weighted by molar-refractivity contribution is -0.122. The molecule has 3 N–H and O–H groups in total. The third-order valence-electron chi connectivity index (χ3n) is 3.62. The van der Waals surface area contributed by atoms with E-state index in [4.69, 9.17) is 5.73 Å². The summed E-state index contributed by atoms with van der Waals surface area (Å²) in [6.07, 6.45) is 1.82. The Balaban J connectivity index is 0.000000161. The molecule has 0 atom stereocenters. The summed E-state index contributed by atoms with van der Waals surface area (Å²) >= 11 is 0. The molecule has 110 valence electrons. The standard InChI is InChI=1S/C12H10.C6H12N2O/c1-3-7-11(8-4-1)12-9-5-2-6-10-12;7-6(9)5-1-3-8-4-2-5/h1-10H;5,8H,1-4H2,(H2,7,9). The smallest absolute Gasteiger partial charge is 0.220 e. The van der Waals surface area contributed by atoms with Crippen LogP contribution in [-0.4, -0.2) is 19.0 Å². The van der Waals surface area contributed by atoms with Crippen molar-refractivity contribution in [2.75, 3.05) is 13.1 Å². The molecule has 2 aromatic carbocycles. The van der Waals surface area contributed by atoms with Crippen LogP contribution in [0.2, 0.25) is 0 Å². The molecule has 3 heteroatoms. The Morgan fingerprint density at radius 1 is 0.857 bits per heavy atom. The number of hydrogen-bond acceptors (Lipinski definition) is 2. The molecule has 1 fully saturated rings. The second kappa shape index (κ2) is 8.22. The van der Waals surface area contributed by atoms with Gasteiger partial charge in [0.05, 0.1) is 0 Å². The Labute approximate surface area is 126 Å². The topological polar surface area (TPSA) is 55.1 Å². The van der Waals surface area contributed by atoms with Crippen LogP contribution in [0.3, 0.4) is 0 Å². The van der Waals surface area contributed by atoms with E-state index in [0.29, 0.717) is 0 Å². The number of nitrogens with one attached hydrogen (secondary N) is 1. The molecule has 0 spiro atoms. The van der Waals surface area contributed by atoms with Crippen molar-refractivity contribution in [3.8, 4) is 11.1 Å². The minimum atomic E-state index is -0.142. The van der Waals surface area contributed by atoms with Gasteiger partial charge in [0.15, 0.2) is 0 Å². The van der Waals surface area contributed by atoms with Crippen molar-refractivity contribution < 1.29 is 4.79 Å².